The number of nitrogens with zero attached hydrogens (tertiary/aromatic N) is 18. The molecule has 0 saturated heterocycles. The third kappa shape index (κ3) is 21.9. The Morgan fingerprint density at radius 1 is 0.435 bits per heavy atom. The van der Waals surface area contributed by atoms with Gasteiger partial charge >= 0.3 is 42.7 Å². The topological polar surface area (TPSA) is 404 Å². The number of hydrogen-bond acceptors (Lipinski definition) is 24. The van der Waals surface area contributed by atoms with Crippen molar-refractivity contribution in [2.75, 3.05) is 10.6 Å². The van der Waals surface area contributed by atoms with Crippen LogP contribution in [-0.2, 0) is 9.59 Å². The molecule has 32 nitrogen and oxygen atoms in total. The lowest BCUT2D eigenvalue weighted by Crippen LogP contribution is -2.40. The number of halogens is 17. The molecule has 0 aliphatic carbocycles. The van der Waals surface area contributed by atoms with Crippen LogP contribution in [0.5, 0.6) is 0 Å². The zero-order chi connectivity index (χ0) is 98.4. The largest absolute Gasteiger partial charge is 0.495 e. The van der Waals surface area contributed by atoms with Crippen LogP contribution in [0.25, 0.3) is 96.1 Å². The number of aromatic nitrogens is 18. The van der Waals surface area contributed by atoms with E-state index in [4.69, 9.17) is 74.1 Å². The summed E-state index contributed by atoms with van der Waals surface area (Å²) >= 11 is 27.5. The summed E-state index contributed by atoms with van der Waals surface area (Å²) in [6, 6.07) is 36.2. The van der Waals surface area contributed by atoms with Crippen molar-refractivity contribution in [1.29, 1.82) is 0 Å². The van der Waals surface area contributed by atoms with Crippen LogP contribution in [0.4, 0.5) is 64.1 Å². The Hall–Kier alpha value is -14.6. The van der Waals surface area contributed by atoms with Crippen LogP contribution in [0.2, 0.25) is 20.1 Å². The maximum Gasteiger partial charge on any atom is 0.495 e. The predicted molar refractivity (Wildman–Crippen MR) is 480 cm³/mol. The second-order valence-corrected chi connectivity index (χ2v) is 32.8. The fourth-order valence-corrected chi connectivity index (χ4v) is 15.4. The van der Waals surface area contributed by atoms with E-state index in [1.54, 1.807) is 62.4 Å². The van der Waals surface area contributed by atoms with E-state index in [2.05, 4.69) is 88.0 Å². The minimum atomic E-state index is -2.99. The Bertz CT molecular complexity index is 7540. The summed E-state index contributed by atoms with van der Waals surface area (Å²) < 4.78 is 187. The van der Waals surface area contributed by atoms with Gasteiger partial charge in [0.05, 0.1) is 99.4 Å². The number of pyridine rings is 2. The molecule has 2 aliphatic rings. The van der Waals surface area contributed by atoms with Gasteiger partial charge in [0.1, 0.15) is 50.3 Å². The molecule has 4 bridgehead atoms. The lowest BCUT2D eigenvalue weighted by Gasteiger charge is -2.20. The van der Waals surface area contributed by atoms with Crippen LogP contribution < -0.4 is 38.6 Å². The molecule has 16 aromatic rings. The second kappa shape index (κ2) is 42.4. The van der Waals surface area contributed by atoms with Crippen molar-refractivity contribution < 1.29 is 90.0 Å². The molecule has 18 rings (SSSR count). The first-order valence-corrected chi connectivity index (χ1v) is 42.9. The number of carbonyl (C=O) groups is 2. The first-order chi connectivity index (χ1) is 66.0. The minimum absolute atomic E-state index is 0.00695. The number of carbonyl (C=O) groups excluding carboxylic acids is 2. The standard InChI is InChI=1S/C30H24ClF4N7O3.C30H22ClF4N7O3.C14H9BClF2N3O4.C14H7BrClF2N3O2/c2*1-15-3-2-4-18(21-11-16(9-10-36-21)26-22(38-28(15)43)13-37-42(26)30(34)35)19-6-8-25(45-29(19)44)20-12-17(31)5-7-24(20)41-14-23(27(32)33)39-40-41;16-7-1-3-11(21-6-10(13(17)18)19-20-21)8(5-7)12-4-2-9(15(23)24)14(22)25-12;15-9-2-4-12(23-14(9)22)8-5-7(16)1-3-11(8)21-6-10(13(17)18)19-20-21/h5-15,18,27,30H,2-4H2,1H3,(H,38,43);4-15,27,30H,2-3H2,1H3,(H,38,43);1-6,13,23-24H;1-6,13H/b;18-4-;;/t15-,18-;15-;;/m11../s1. The van der Waals surface area contributed by atoms with Gasteiger partial charge in [0.25, 0.3) is 25.7 Å². The van der Waals surface area contributed by atoms with Crippen molar-refractivity contribution in [3.63, 3.8) is 0 Å². The van der Waals surface area contributed by atoms with E-state index in [1.165, 1.54) is 133 Å². The molecule has 14 heterocycles. The number of amides is 2. The molecule has 708 valence electrons. The number of benzene rings is 4. The van der Waals surface area contributed by atoms with Gasteiger partial charge in [-0.3, -0.25) is 19.6 Å². The summed E-state index contributed by atoms with van der Waals surface area (Å²) in [5.74, 6) is -1.85. The number of alkyl halides is 12. The van der Waals surface area contributed by atoms with Gasteiger partial charge in [0, 0.05) is 100 Å². The lowest BCUT2D eigenvalue weighted by atomic mass is 9.81. The summed E-state index contributed by atoms with van der Waals surface area (Å²) in [5, 5.41) is 61.0. The number of anilines is 2. The number of hydrogen-bond donors (Lipinski definition) is 4. The van der Waals surface area contributed by atoms with Crippen molar-refractivity contribution in [2.45, 2.75) is 90.7 Å². The quantitative estimate of drug-likeness (QED) is 0.0486. The average Bonchev–Trinajstić information content (AvgIpc) is 1.53. The highest BCUT2D eigenvalue weighted by Crippen LogP contribution is 2.42. The number of fused-ring (bicyclic) bond motifs is 8. The molecule has 4 aromatic carbocycles. The molecule has 4 N–H and O–H groups in total. The van der Waals surface area contributed by atoms with Gasteiger partial charge in [-0.05, 0) is 181 Å². The van der Waals surface area contributed by atoms with Crippen LogP contribution in [-0.4, -0.2) is 118 Å². The Kier molecular flexibility index (Phi) is 30.1. The van der Waals surface area contributed by atoms with Gasteiger partial charge in [0.15, 0.2) is 0 Å². The monoisotopic (exact) mass is 2050 g/mol. The van der Waals surface area contributed by atoms with E-state index in [1.807, 2.05) is 0 Å². The highest BCUT2D eigenvalue weighted by Gasteiger charge is 2.32. The second-order valence-electron chi connectivity index (χ2n) is 30.2. The normalized spacial score (nSPS) is 14.8. The molecule has 2 amide bonds. The first kappa shape index (κ1) is 98.0. The van der Waals surface area contributed by atoms with Crippen LogP contribution >= 0.6 is 62.3 Å². The van der Waals surface area contributed by atoms with Crippen LogP contribution in [0.1, 0.15) is 136 Å². The highest BCUT2D eigenvalue weighted by molar-refractivity contribution is 9.10. The van der Waals surface area contributed by atoms with Gasteiger partial charge < -0.3 is 38.4 Å². The van der Waals surface area contributed by atoms with E-state index in [0.717, 1.165) is 38.8 Å². The summed E-state index contributed by atoms with van der Waals surface area (Å²) in [6.45, 7) is -2.53. The molecule has 0 saturated carbocycles. The lowest BCUT2D eigenvalue weighted by molar-refractivity contribution is -0.120. The van der Waals surface area contributed by atoms with Gasteiger partial charge in [-0.2, -0.15) is 27.8 Å². The van der Waals surface area contributed by atoms with Crippen molar-refractivity contribution in [3.05, 3.63) is 313 Å². The molecule has 50 heteroatoms. The minimum Gasteiger partial charge on any atom is -0.423 e. The molecule has 0 radical (unpaired) electrons. The Labute approximate surface area is 795 Å². The van der Waals surface area contributed by atoms with Gasteiger partial charge in [-0.1, -0.05) is 99.7 Å². The molecular formula is C88H62BBrCl4F12N20O12. The average molecular weight is 2050 g/mol. The van der Waals surface area contributed by atoms with E-state index in [-0.39, 0.29) is 101 Å². The Morgan fingerprint density at radius 3 is 1.22 bits per heavy atom. The van der Waals surface area contributed by atoms with Crippen LogP contribution in [0.3, 0.4) is 0 Å². The molecule has 0 fully saturated rings. The van der Waals surface area contributed by atoms with E-state index >= 15 is 0 Å². The van der Waals surface area contributed by atoms with Crippen molar-refractivity contribution >= 4 is 104 Å². The first-order valence-electron chi connectivity index (χ1n) is 40.6. The van der Waals surface area contributed by atoms with E-state index in [9.17, 15) is 81.5 Å². The summed E-state index contributed by atoms with van der Waals surface area (Å²) in [7, 11) is -1.98. The smallest absolute Gasteiger partial charge is 0.423 e. The Balaban J connectivity index is 0.000000146. The Morgan fingerprint density at radius 2 is 0.826 bits per heavy atom. The van der Waals surface area contributed by atoms with Crippen LogP contribution in [0, 0.1) is 11.8 Å². The predicted octanol–water partition coefficient (Wildman–Crippen LogP) is 19.4. The van der Waals surface area contributed by atoms with E-state index in [0.29, 0.717) is 112 Å². The maximum atomic E-state index is 13.9. The molecular weight excluding hydrogens is 1990 g/mol. The maximum absolute atomic E-state index is 13.9. The number of rotatable bonds is 17. The van der Waals surface area contributed by atoms with E-state index < -0.39 is 109 Å². The fraction of sp³-hybridized carbons (Fsp3) is 0.182. The summed E-state index contributed by atoms with van der Waals surface area (Å²) in [4.78, 5) is 85.3. The van der Waals surface area contributed by atoms with Crippen molar-refractivity contribution in [2.24, 2.45) is 11.8 Å². The molecule has 138 heavy (non-hydrogen) atoms. The SMILES string of the molecule is C[C@@H]1CC/C=C(/c2ccc(-c3cc(Cl)ccc3-n3cc(C(F)F)nn3)oc2=O)c2cc(ccn2)-c2c(cnn2C(F)F)NC1=O.C[C@@H]1CCC[C@H](c2ccc(-c3cc(Cl)ccc3-n3cc(C(F)F)nn3)oc2=O)c2cc(ccn2)-c2c(cnn2C(F)F)NC1=O.O=c1oc(-c2cc(Cl)ccc2-n2cc(C(F)F)nn2)ccc1B(O)O.O=c1oc(-c2cc(Cl)ccc2-n2cc(C(F)F)nn2)ccc1Br. The summed E-state index contributed by atoms with van der Waals surface area (Å²) in [5.41, 5.74) is -0.451. The molecule has 0 unspecified atom stereocenters. The zero-order valence-corrected chi connectivity index (χ0v) is 74.9. The molecule has 2 aliphatic heterocycles. The number of allylic oxidation sites excluding steroid dienone is 1. The summed E-state index contributed by atoms with van der Waals surface area (Å²) in [6.07, 6.45) is 2.17. The number of nitrogens with one attached hydrogen (secondary N) is 2. The van der Waals surface area contributed by atoms with Crippen LogP contribution in [0.15, 0.2) is 243 Å². The van der Waals surface area contributed by atoms with Gasteiger partial charge in [-0.15, -0.1) is 20.4 Å². The third-order valence-corrected chi connectivity index (χ3v) is 22.8. The van der Waals surface area contributed by atoms with Gasteiger partial charge in [0.2, 0.25) is 11.8 Å². The molecule has 12 aromatic heterocycles. The van der Waals surface area contributed by atoms with Crippen molar-refractivity contribution in [3.8, 4) is 90.6 Å². The molecule has 0 spiro atoms. The van der Waals surface area contributed by atoms with Crippen molar-refractivity contribution in [1.82, 2.24) is 89.5 Å². The van der Waals surface area contributed by atoms with Gasteiger partial charge in [-0.25, -0.2) is 82.4 Å². The highest BCUT2D eigenvalue weighted by atomic mass is 79.9. The third-order valence-electron chi connectivity index (χ3n) is 21.2. The molecule has 3 atom stereocenters. The fourth-order valence-electron chi connectivity index (χ4n) is 14.5. The zero-order valence-electron chi connectivity index (χ0n) is 70.3.